The number of phenolic OH excluding ortho intramolecular Hbond substituents is 2. The molecule has 1 atom stereocenters. The first-order valence-electron chi connectivity index (χ1n) is 5.79. The predicted octanol–water partition coefficient (Wildman–Crippen LogP) is 3.54. The number of benzene rings is 1. The number of rotatable bonds is 4. The lowest BCUT2D eigenvalue weighted by molar-refractivity contribution is 0.112. The zero-order valence-electron chi connectivity index (χ0n) is 10.8. The zero-order chi connectivity index (χ0) is 13.7. The molecular weight excluding hydrogens is 228 g/mol. The summed E-state index contributed by atoms with van der Waals surface area (Å²) in [6, 6.07) is 3.15. The molecule has 0 aliphatic carbocycles. The summed E-state index contributed by atoms with van der Waals surface area (Å²) in [6.07, 6.45) is 6.31. The van der Waals surface area contributed by atoms with Crippen LogP contribution in [0.1, 0.15) is 42.6 Å². The molecule has 0 heterocycles. The molecule has 0 saturated heterocycles. The van der Waals surface area contributed by atoms with Gasteiger partial charge >= 0.3 is 0 Å². The third kappa shape index (κ3) is 3.23. The van der Waals surface area contributed by atoms with Crippen molar-refractivity contribution in [2.75, 3.05) is 0 Å². The number of carbonyl (C=O) groups excluding carboxylic acids is 1. The molecule has 3 nitrogen and oxygen atoms in total. The van der Waals surface area contributed by atoms with Crippen molar-refractivity contribution < 1.29 is 15.0 Å². The van der Waals surface area contributed by atoms with E-state index in [2.05, 4.69) is 0 Å². The molecule has 2 N–H and O–H groups in total. The molecule has 0 saturated carbocycles. The fraction of sp³-hybridized carbons (Fsp3) is 0.267. The second kappa shape index (κ2) is 6.05. The summed E-state index contributed by atoms with van der Waals surface area (Å²) < 4.78 is 0. The molecular formula is C15H18O3. The van der Waals surface area contributed by atoms with Crippen LogP contribution in [0.5, 0.6) is 11.5 Å². The van der Waals surface area contributed by atoms with Gasteiger partial charge in [0.05, 0.1) is 5.56 Å². The molecule has 3 heteroatoms. The van der Waals surface area contributed by atoms with Crippen molar-refractivity contribution in [3.63, 3.8) is 0 Å². The van der Waals surface area contributed by atoms with Crippen molar-refractivity contribution in [3.05, 3.63) is 47.1 Å². The van der Waals surface area contributed by atoms with Gasteiger partial charge in [-0.15, -0.1) is 0 Å². The minimum Gasteiger partial charge on any atom is -0.504 e. The largest absolute Gasteiger partial charge is 0.504 e. The molecule has 0 aliphatic rings. The minimum absolute atomic E-state index is 0.0489. The molecule has 0 amide bonds. The van der Waals surface area contributed by atoms with Gasteiger partial charge in [-0.1, -0.05) is 36.8 Å². The molecule has 0 bridgehead atoms. The number of phenols is 2. The van der Waals surface area contributed by atoms with Gasteiger partial charge in [0.1, 0.15) is 0 Å². The standard InChI is InChI=1S/C15H18O3/c1-10(2)5-4-6-11(3)13-8-7-12(9-16)14(17)15(13)18/h4-9,11,17-18H,1-3H3/b6-4+. The van der Waals surface area contributed by atoms with Crippen LogP contribution in [0.4, 0.5) is 0 Å². The van der Waals surface area contributed by atoms with Gasteiger partial charge in [-0.2, -0.15) is 0 Å². The summed E-state index contributed by atoms with van der Waals surface area (Å²) in [5.41, 5.74) is 1.87. The SMILES string of the molecule is CC(C)=C/C=C/C(C)c1ccc(C=O)c(O)c1O. The molecule has 0 fully saturated rings. The Morgan fingerprint density at radius 1 is 1.22 bits per heavy atom. The van der Waals surface area contributed by atoms with Gasteiger partial charge in [-0.3, -0.25) is 4.79 Å². The van der Waals surface area contributed by atoms with Gasteiger partial charge in [-0.05, 0) is 19.9 Å². The van der Waals surface area contributed by atoms with E-state index in [0.717, 1.165) is 0 Å². The van der Waals surface area contributed by atoms with Crippen molar-refractivity contribution >= 4 is 6.29 Å². The molecule has 18 heavy (non-hydrogen) atoms. The number of aldehydes is 1. The van der Waals surface area contributed by atoms with Crippen LogP contribution in [0.15, 0.2) is 35.9 Å². The van der Waals surface area contributed by atoms with Gasteiger partial charge in [-0.25, -0.2) is 0 Å². The fourth-order valence-electron chi connectivity index (χ4n) is 1.59. The number of hydrogen-bond donors (Lipinski definition) is 2. The topological polar surface area (TPSA) is 57.5 Å². The van der Waals surface area contributed by atoms with Gasteiger partial charge in [0.25, 0.3) is 0 Å². The maximum absolute atomic E-state index is 10.6. The van der Waals surface area contributed by atoms with Gasteiger partial charge in [0.15, 0.2) is 17.8 Å². The van der Waals surface area contributed by atoms with Crippen LogP contribution >= 0.6 is 0 Å². The van der Waals surface area contributed by atoms with Crippen LogP contribution in [0.2, 0.25) is 0 Å². The van der Waals surface area contributed by atoms with E-state index in [-0.39, 0.29) is 23.0 Å². The highest BCUT2D eigenvalue weighted by atomic mass is 16.3. The van der Waals surface area contributed by atoms with Crippen LogP contribution in [-0.2, 0) is 0 Å². The van der Waals surface area contributed by atoms with Crippen molar-refractivity contribution in [2.24, 2.45) is 0 Å². The third-order valence-electron chi connectivity index (χ3n) is 2.66. The first kappa shape index (κ1) is 14.0. The normalized spacial score (nSPS) is 12.4. The Balaban J connectivity index is 3.04. The Labute approximate surface area is 107 Å². The monoisotopic (exact) mass is 246 g/mol. The number of allylic oxidation sites excluding steroid dienone is 4. The Bertz CT molecular complexity index is 495. The van der Waals surface area contributed by atoms with Gasteiger partial charge in [0.2, 0.25) is 0 Å². The molecule has 0 aromatic heterocycles. The summed E-state index contributed by atoms with van der Waals surface area (Å²) in [5, 5.41) is 19.5. The van der Waals surface area contributed by atoms with Crippen molar-refractivity contribution in [1.82, 2.24) is 0 Å². The molecule has 0 spiro atoms. The van der Waals surface area contributed by atoms with E-state index in [9.17, 15) is 15.0 Å². The Morgan fingerprint density at radius 3 is 2.44 bits per heavy atom. The summed E-state index contributed by atoms with van der Waals surface area (Å²) in [6.45, 7) is 5.90. The maximum atomic E-state index is 10.6. The number of carbonyl (C=O) groups is 1. The lowest BCUT2D eigenvalue weighted by Crippen LogP contribution is -1.92. The number of hydrogen-bond acceptors (Lipinski definition) is 3. The second-order valence-corrected chi connectivity index (χ2v) is 4.48. The van der Waals surface area contributed by atoms with E-state index in [1.165, 1.54) is 11.6 Å². The molecule has 1 unspecified atom stereocenters. The van der Waals surface area contributed by atoms with Crippen LogP contribution in [0, 0.1) is 0 Å². The first-order valence-corrected chi connectivity index (χ1v) is 5.79. The lowest BCUT2D eigenvalue weighted by atomic mass is 9.97. The second-order valence-electron chi connectivity index (χ2n) is 4.48. The highest BCUT2D eigenvalue weighted by Crippen LogP contribution is 2.36. The molecule has 0 aliphatic heterocycles. The quantitative estimate of drug-likeness (QED) is 0.485. The highest BCUT2D eigenvalue weighted by molar-refractivity contribution is 5.81. The van der Waals surface area contributed by atoms with E-state index in [1.54, 1.807) is 6.07 Å². The van der Waals surface area contributed by atoms with Crippen LogP contribution in [0.3, 0.4) is 0 Å². The average Bonchev–Trinajstić information content (AvgIpc) is 2.32. The molecule has 1 aromatic carbocycles. The van der Waals surface area contributed by atoms with Crippen LogP contribution < -0.4 is 0 Å². The van der Waals surface area contributed by atoms with E-state index >= 15 is 0 Å². The molecule has 96 valence electrons. The van der Waals surface area contributed by atoms with Gasteiger partial charge < -0.3 is 10.2 Å². The van der Waals surface area contributed by atoms with Crippen LogP contribution in [-0.4, -0.2) is 16.5 Å². The average molecular weight is 246 g/mol. The summed E-state index contributed by atoms with van der Waals surface area (Å²) in [4.78, 5) is 10.6. The molecule has 0 radical (unpaired) electrons. The van der Waals surface area contributed by atoms with Crippen molar-refractivity contribution in [1.29, 1.82) is 0 Å². The predicted molar refractivity (Wildman–Crippen MR) is 72.1 cm³/mol. The van der Waals surface area contributed by atoms with Crippen molar-refractivity contribution in [3.8, 4) is 11.5 Å². The van der Waals surface area contributed by atoms with E-state index in [1.807, 2.05) is 39.0 Å². The summed E-state index contributed by atoms with van der Waals surface area (Å²) >= 11 is 0. The molecule has 1 rings (SSSR count). The zero-order valence-corrected chi connectivity index (χ0v) is 10.8. The fourth-order valence-corrected chi connectivity index (χ4v) is 1.59. The third-order valence-corrected chi connectivity index (χ3v) is 2.66. The van der Waals surface area contributed by atoms with E-state index in [4.69, 9.17) is 0 Å². The Kier molecular flexibility index (Phi) is 4.72. The lowest BCUT2D eigenvalue weighted by Gasteiger charge is -2.11. The summed E-state index contributed by atoms with van der Waals surface area (Å²) in [5.74, 6) is -0.633. The van der Waals surface area contributed by atoms with Crippen molar-refractivity contribution in [2.45, 2.75) is 26.7 Å². The summed E-state index contributed by atoms with van der Waals surface area (Å²) in [7, 11) is 0. The Hall–Kier alpha value is -2.03. The first-order chi connectivity index (χ1) is 8.47. The van der Waals surface area contributed by atoms with E-state index < -0.39 is 0 Å². The Morgan fingerprint density at radius 2 is 1.89 bits per heavy atom. The van der Waals surface area contributed by atoms with E-state index in [0.29, 0.717) is 11.8 Å². The highest BCUT2D eigenvalue weighted by Gasteiger charge is 2.14. The smallest absolute Gasteiger partial charge is 0.168 e. The number of aromatic hydroxyl groups is 2. The van der Waals surface area contributed by atoms with Gasteiger partial charge in [0, 0.05) is 11.5 Å². The van der Waals surface area contributed by atoms with Crippen LogP contribution in [0.25, 0.3) is 0 Å². The molecule has 1 aromatic rings. The maximum Gasteiger partial charge on any atom is 0.168 e. The minimum atomic E-state index is -0.357.